The molecule has 0 saturated carbocycles. The van der Waals surface area contributed by atoms with Gasteiger partial charge in [-0.25, -0.2) is 15.0 Å². The molecule has 0 spiro atoms. The second-order valence-electron chi connectivity index (χ2n) is 14.1. The van der Waals surface area contributed by atoms with E-state index in [9.17, 15) is 0 Å². The molecular weight excluding hydrogens is 583 g/mol. The predicted octanol–water partition coefficient (Wildman–Crippen LogP) is 11.2. The highest BCUT2D eigenvalue weighted by Crippen LogP contribution is 2.59. The molecule has 1 heterocycles. The van der Waals surface area contributed by atoms with Crippen molar-refractivity contribution in [2.75, 3.05) is 0 Å². The molecule has 2 aliphatic carbocycles. The number of fused-ring (bicyclic) bond motifs is 7. The van der Waals surface area contributed by atoms with E-state index in [-0.39, 0.29) is 10.8 Å². The van der Waals surface area contributed by atoms with Crippen LogP contribution in [-0.2, 0) is 10.8 Å². The molecule has 1 aromatic heterocycles. The Morgan fingerprint density at radius 1 is 0.333 bits per heavy atom. The standard InChI is InChI=1S/C45H35N3/c1-44(2)35-18-12-11-17-33(35)39-36(44)25-26-37-40(39)34-24-23-32(27-38(34)45(37,3)4)28-19-21-31(22-20-28)43-47-41(29-13-7-5-8-14-29)46-42(48-43)30-15-9-6-10-16-30/h5-27H,1-4H3. The van der Waals surface area contributed by atoms with Gasteiger partial charge in [0.05, 0.1) is 0 Å². The molecule has 0 aliphatic heterocycles. The molecule has 48 heavy (non-hydrogen) atoms. The summed E-state index contributed by atoms with van der Waals surface area (Å²) in [7, 11) is 0. The van der Waals surface area contributed by atoms with Crippen molar-refractivity contribution in [3.8, 4) is 67.5 Å². The highest BCUT2D eigenvalue weighted by Gasteiger charge is 2.43. The third kappa shape index (κ3) is 4.24. The van der Waals surface area contributed by atoms with Gasteiger partial charge in [0.25, 0.3) is 0 Å². The van der Waals surface area contributed by atoms with E-state index in [1.165, 1.54) is 55.6 Å². The van der Waals surface area contributed by atoms with E-state index in [2.05, 4.69) is 107 Å². The fourth-order valence-electron chi connectivity index (χ4n) is 7.95. The van der Waals surface area contributed by atoms with Crippen LogP contribution in [0.3, 0.4) is 0 Å². The fraction of sp³-hybridized carbons (Fsp3) is 0.133. The SMILES string of the molecule is CC1(C)c2ccccc2-c2c1ccc1c2-c2ccc(-c3ccc(-c4nc(-c5ccccc5)nc(-c5ccccc5)n4)cc3)cc2C1(C)C. The van der Waals surface area contributed by atoms with Crippen molar-refractivity contribution in [2.24, 2.45) is 0 Å². The molecule has 230 valence electrons. The molecule has 0 amide bonds. The molecule has 0 saturated heterocycles. The van der Waals surface area contributed by atoms with Gasteiger partial charge in [-0.3, -0.25) is 0 Å². The number of nitrogens with zero attached hydrogens (tertiary/aromatic N) is 3. The number of hydrogen-bond acceptors (Lipinski definition) is 3. The zero-order valence-electron chi connectivity index (χ0n) is 27.6. The minimum Gasteiger partial charge on any atom is -0.208 e. The summed E-state index contributed by atoms with van der Waals surface area (Å²) >= 11 is 0. The van der Waals surface area contributed by atoms with Crippen molar-refractivity contribution in [3.63, 3.8) is 0 Å². The smallest absolute Gasteiger partial charge is 0.164 e. The molecule has 0 N–H and O–H groups in total. The molecule has 6 aromatic carbocycles. The summed E-state index contributed by atoms with van der Waals surface area (Å²) in [6.45, 7) is 9.47. The maximum atomic E-state index is 4.92. The summed E-state index contributed by atoms with van der Waals surface area (Å²) in [6, 6.07) is 49.7. The highest BCUT2D eigenvalue weighted by atomic mass is 15.0. The Morgan fingerprint density at radius 3 is 1.31 bits per heavy atom. The molecule has 0 unspecified atom stereocenters. The Kier molecular flexibility index (Phi) is 6.20. The zero-order chi connectivity index (χ0) is 32.6. The Balaban J connectivity index is 1.11. The van der Waals surface area contributed by atoms with Crippen molar-refractivity contribution in [1.29, 1.82) is 0 Å². The summed E-state index contributed by atoms with van der Waals surface area (Å²) in [5.74, 6) is 2.00. The molecule has 9 rings (SSSR count). The monoisotopic (exact) mass is 617 g/mol. The lowest BCUT2D eigenvalue weighted by molar-refractivity contribution is 0.651. The minimum atomic E-state index is -0.107. The van der Waals surface area contributed by atoms with Crippen LogP contribution in [0.15, 0.2) is 140 Å². The molecule has 0 atom stereocenters. The normalized spacial score (nSPS) is 14.6. The highest BCUT2D eigenvalue weighted by molar-refractivity contribution is 5.98. The molecule has 3 nitrogen and oxygen atoms in total. The zero-order valence-corrected chi connectivity index (χ0v) is 27.6. The number of rotatable bonds is 4. The van der Waals surface area contributed by atoms with Crippen molar-refractivity contribution >= 4 is 0 Å². The number of aromatic nitrogens is 3. The largest absolute Gasteiger partial charge is 0.208 e. The summed E-state index contributed by atoms with van der Waals surface area (Å²) in [5.41, 5.74) is 16.3. The summed E-state index contributed by atoms with van der Waals surface area (Å²) in [6.07, 6.45) is 0. The van der Waals surface area contributed by atoms with Crippen LogP contribution in [0.4, 0.5) is 0 Å². The van der Waals surface area contributed by atoms with Gasteiger partial charge in [-0.05, 0) is 61.7 Å². The Labute approximate surface area is 282 Å². The first kappa shape index (κ1) is 28.5. The second kappa shape index (κ2) is 10.4. The quantitative estimate of drug-likeness (QED) is 0.197. The third-order valence-corrected chi connectivity index (χ3v) is 10.6. The van der Waals surface area contributed by atoms with Crippen LogP contribution >= 0.6 is 0 Å². The van der Waals surface area contributed by atoms with Crippen LogP contribution in [0, 0.1) is 0 Å². The minimum absolute atomic E-state index is 0.0161. The molecule has 7 aromatic rings. The van der Waals surface area contributed by atoms with E-state index < -0.39 is 0 Å². The number of benzene rings is 6. The average molecular weight is 618 g/mol. The summed E-state index contributed by atoms with van der Waals surface area (Å²) in [5, 5.41) is 0. The lowest BCUT2D eigenvalue weighted by atomic mass is 9.79. The van der Waals surface area contributed by atoms with E-state index in [1.54, 1.807) is 0 Å². The van der Waals surface area contributed by atoms with Gasteiger partial charge < -0.3 is 0 Å². The van der Waals surface area contributed by atoms with Crippen LogP contribution in [0.25, 0.3) is 67.5 Å². The number of hydrogen-bond donors (Lipinski definition) is 0. The van der Waals surface area contributed by atoms with Crippen LogP contribution in [0.2, 0.25) is 0 Å². The second-order valence-corrected chi connectivity index (χ2v) is 14.1. The van der Waals surface area contributed by atoms with E-state index in [4.69, 9.17) is 15.0 Å². The fourth-order valence-corrected chi connectivity index (χ4v) is 7.95. The van der Waals surface area contributed by atoms with Gasteiger partial charge >= 0.3 is 0 Å². The Bertz CT molecular complexity index is 2310. The average Bonchev–Trinajstić information content (AvgIpc) is 3.51. The molecule has 2 aliphatic rings. The van der Waals surface area contributed by atoms with Crippen LogP contribution in [0.5, 0.6) is 0 Å². The van der Waals surface area contributed by atoms with Crippen molar-refractivity contribution < 1.29 is 0 Å². The first-order valence-electron chi connectivity index (χ1n) is 16.7. The van der Waals surface area contributed by atoms with Gasteiger partial charge in [0.2, 0.25) is 0 Å². The maximum Gasteiger partial charge on any atom is 0.164 e. The van der Waals surface area contributed by atoms with Crippen molar-refractivity contribution in [2.45, 2.75) is 38.5 Å². The summed E-state index contributed by atoms with van der Waals surface area (Å²) in [4.78, 5) is 14.7. The third-order valence-electron chi connectivity index (χ3n) is 10.6. The molecule has 0 radical (unpaired) electrons. The van der Waals surface area contributed by atoms with Gasteiger partial charge in [0.15, 0.2) is 17.5 Å². The van der Waals surface area contributed by atoms with Gasteiger partial charge in [-0.2, -0.15) is 0 Å². The Morgan fingerprint density at radius 2 is 0.750 bits per heavy atom. The first-order chi connectivity index (χ1) is 23.3. The summed E-state index contributed by atoms with van der Waals surface area (Å²) < 4.78 is 0. The maximum absolute atomic E-state index is 4.92. The molecule has 3 heteroatoms. The van der Waals surface area contributed by atoms with Crippen LogP contribution in [-0.4, -0.2) is 15.0 Å². The van der Waals surface area contributed by atoms with E-state index in [1.807, 2.05) is 60.7 Å². The van der Waals surface area contributed by atoms with Gasteiger partial charge in [0, 0.05) is 27.5 Å². The van der Waals surface area contributed by atoms with E-state index in [0.717, 1.165) is 16.7 Å². The van der Waals surface area contributed by atoms with Gasteiger partial charge in [-0.15, -0.1) is 0 Å². The topological polar surface area (TPSA) is 38.7 Å². The lowest BCUT2D eigenvalue weighted by Crippen LogP contribution is -2.17. The molecule has 0 fully saturated rings. The van der Waals surface area contributed by atoms with E-state index >= 15 is 0 Å². The van der Waals surface area contributed by atoms with Crippen LogP contribution in [0.1, 0.15) is 49.9 Å². The molecule has 0 bridgehead atoms. The van der Waals surface area contributed by atoms with Crippen molar-refractivity contribution in [3.05, 3.63) is 162 Å². The van der Waals surface area contributed by atoms with Gasteiger partial charge in [0.1, 0.15) is 0 Å². The van der Waals surface area contributed by atoms with Gasteiger partial charge in [-0.1, -0.05) is 161 Å². The molecular formula is C45H35N3. The van der Waals surface area contributed by atoms with Crippen molar-refractivity contribution in [1.82, 2.24) is 15.0 Å². The lowest BCUT2D eigenvalue weighted by Gasteiger charge is -2.24. The van der Waals surface area contributed by atoms with Crippen LogP contribution < -0.4 is 0 Å². The first-order valence-corrected chi connectivity index (χ1v) is 16.7. The Hall–Kier alpha value is -5.67. The van der Waals surface area contributed by atoms with E-state index in [0.29, 0.717) is 17.5 Å². The predicted molar refractivity (Wildman–Crippen MR) is 197 cm³/mol.